The van der Waals surface area contributed by atoms with E-state index in [0.29, 0.717) is 4.90 Å². The van der Waals surface area contributed by atoms with Crippen LogP contribution in [0, 0.1) is 5.82 Å². The molecule has 0 radical (unpaired) electrons. The summed E-state index contributed by atoms with van der Waals surface area (Å²) < 4.78 is 19.1. The second-order valence-electron chi connectivity index (χ2n) is 4.10. The Morgan fingerprint density at radius 1 is 1.44 bits per heavy atom. The van der Waals surface area contributed by atoms with E-state index in [-0.39, 0.29) is 11.9 Å². The maximum absolute atomic E-state index is 13.5. The Morgan fingerprint density at radius 3 is 2.94 bits per heavy atom. The number of ether oxygens (including phenoxy) is 1. The van der Waals surface area contributed by atoms with Crippen LogP contribution in [0.1, 0.15) is 13.3 Å². The van der Waals surface area contributed by atoms with Crippen molar-refractivity contribution < 1.29 is 9.13 Å². The Hall–Kier alpha value is -1.00. The summed E-state index contributed by atoms with van der Waals surface area (Å²) in [4.78, 5) is 0.694. The van der Waals surface area contributed by atoms with Crippen LogP contribution < -0.4 is 5.32 Å². The summed E-state index contributed by atoms with van der Waals surface area (Å²) in [6.07, 6.45) is 3.09. The summed E-state index contributed by atoms with van der Waals surface area (Å²) in [5.74, 6) is 1.63. The molecule has 1 unspecified atom stereocenters. The van der Waals surface area contributed by atoms with Crippen molar-refractivity contribution >= 4 is 11.8 Å². The standard InChI is InChI=1S/C14H18FNOS/c1-2-16-12(13-7-5-9-17-13)10-18-14-8-4-3-6-11(14)15/h3-4,6-8,12,16H,2,5,9-10H2,1H3. The van der Waals surface area contributed by atoms with E-state index in [2.05, 4.69) is 18.3 Å². The molecule has 0 aliphatic carbocycles. The summed E-state index contributed by atoms with van der Waals surface area (Å²) in [7, 11) is 0. The molecule has 0 bridgehead atoms. The van der Waals surface area contributed by atoms with Gasteiger partial charge in [0.2, 0.25) is 0 Å². The quantitative estimate of drug-likeness (QED) is 0.800. The van der Waals surface area contributed by atoms with Crippen molar-refractivity contribution in [1.82, 2.24) is 5.32 Å². The summed E-state index contributed by atoms with van der Waals surface area (Å²) in [5, 5.41) is 3.38. The van der Waals surface area contributed by atoms with Crippen LogP contribution in [0.2, 0.25) is 0 Å². The van der Waals surface area contributed by atoms with Crippen LogP contribution in [0.15, 0.2) is 41.0 Å². The van der Waals surface area contributed by atoms with E-state index in [1.165, 1.54) is 17.8 Å². The minimum absolute atomic E-state index is 0.154. The van der Waals surface area contributed by atoms with Gasteiger partial charge in [0.25, 0.3) is 0 Å². The highest BCUT2D eigenvalue weighted by molar-refractivity contribution is 7.99. The van der Waals surface area contributed by atoms with Crippen LogP contribution in [0.3, 0.4) is 0 Å². The van der Waals surface area contributed by atoms with Crippen molar-refractivity contribution in [2.45, 2.75) is 24.3 Å². The number of hydrogen-bond donors (Lipinski definition) is 1. The van der Waals surface area contributed by atoms with Crippen molar-refractivity contribution in [2.24, 2.45) is 0 Å². The fourth-order valence-corrected chi connectivity index (χ4v) is 2.91. The van der Waals surface area contributed by atoms with Crippen molar-refractivity contribution in [3.8, 4) is 0 Å². The van der Waals surface area contributed by atoms with Crippen LogP contribution in [-0.2, 0) is 4.74 Å². The first-order chi connectivity index (χ1) is 8.81. The predicted octanol–water partition coefficient (Wildman–Crippen LogP) is 3.20. The lowest BCUT2D eigenvalue weighted by Crippen LogP contribution is -2.33. The monoisotopic (exact) mass is 267 g/mol. The third kappa shape index (κ3) is 3.50. The van der Waals surface area contributed by atoms with Gasteiger partial charge in [-0.1, -0.05) is 19.1 Å². The average molecular weight is 267 g/mol. The molecule has 0 fully saturated rings. The average Bonchev–Trinajstić information content (AvgIpc) is 2.90. The molecule has 4 heteroatoms. The van der Waals surface area contributed by atoms with Crippen molar-refractivity contribution in [3.63, 3.8) is 0 Å². The van der Waals surface area contributed by atoms with Gasteiger partial charge in [-0.05, 0) is 24.8 Å². The molecule has 1 aromatic rings. The maximum atomic E-state index is 13.5. The smallest absolute Gasteiger partial charge is 0.136 e. The van der Waals surface area contributed by atoms with E-state index < -0.39 is 0 Å². The molecule has 2 nitrogen and oxygen atoms in total. The Kier molecular flexibility index (Phi) is 5.08. The third-order valence-corrected chi connectivity index (χ3v) is 3.91. The van der Waals surface area contributed by atoms with Gasteiger partial charge in [-0.2, -0.15) is 0 Å². The summed E-state index contributed by atoms with van der Waals surface area (Å²) >= 11 is 1.52. The van der Waals surface area contributed by atoms with Gasteiger partial charge in [-0.3, -0.25) is 0 Å². The van der Waals surface area contributed by atoms with Gasteiger partial charge < -0.3 is 10.1 Å². The summed E-state index contributed by atoms with van der Waals surface area (Å²) in [6.45, 7) is 3.71. The number of benzene rings is 1. The molecule has 1 aromatic carbocycles. The van der Waals surface area contributed by atoms with Gasteiger partial charge in [0.15, 0.2) is 0 Å². The Morgan fingerprint density at radius 2 is 2.28 bits per heavy atom. The highest BCUT2D eigenvalue weighted by Gasteiger charge is 2.18. The van der Waals surface area contributed by atoms with Crippen LogP contribution in [0.5, 0.6) is 0 Å². The number of hydrogen-bond acceptors (Lipinski definition) is 3. The molecule has 0 amide bonds. The van der Waals surface area contributed by atoms with E-state index >= 15 is 0 Å². The molecular weight excluding hydrogens is 249 g/mol. The number of halogens is 1. The lowest BCUT2D eigenvalue weighted by Gasteiger charge is -2.18. The first-order valence-corrected chi connectivity index (χ1v) is 7.23. The molecular formula is C14H18FNOS. The van der Waals surface area contributed by atoms with Gasteiger partial charge in [0.05, 0.1) is 12.6 Å². The molecule has 98 valence electrons. The van der Waals surface area contributed by atoms with Gasteiger partial charge in [0, 0.05) is 17.1 Å². The molecule has 18 heavy (non-hydrogen) atoms. The van der Waals surface area contributed by atoms with Gasteiger partial charge in [0.1, 0.15) is 11.6 Å². The fourth-order valence-electron chi connectivity index (χ4n) is 1.90. The van der Waals surface area contributed by atoms with E-state index in [1.54, 1.807) is 6.07 Å². The Bertz CT molecular complexity index is 422. The topological polar surface area (TPSA) is 21.3 Å². The van der Waals surface area contributed by atoms with Crippen LogP contribution >= 0.6 is 11.8 Å². The maximum Gasteiger partial charge on any atom is 0.136 e. The first-order valence-electron chi connectivity index (χ1n) is 6.25. The number of nitrogens with one attached hydrogen (secondary N) is 1. The molecule has 1 aliphatic heterocycles. The van der Waals surface area contributed by atoms with Gasteiger partial charge >= 0.3 is 0 Å². The lowest BCUT2D eigenvalue weighted by molar-refractivity contribution is 0.220. The predicted molar refractivity (Wildman–Crippen MR) is 73.2 cm³/mol. The normalized spacial score (nSPS) is 16.2. The minimum Gasteiger partial charge on any atom is -0.496 e. The number of rotatable bonds is 6. The van der Waals surface area contributed by atoms with E-state index in [0.717, 1.165) is 31.1 Å². The molecule has 0 aromatic heterocycles. The molecule has 0 saturated carbocycles. The summed E-state index contributed by atoms with van der Waals surface area (Å²) in [6, 6.07) is 7.05. The number of thioether (sulfide) groups is 1. The largest absolute Gasteiger partial charge is 0.496 e. The fraction of sp³-hybridized carbons (Fsp3) is 0.429. The number of likely N-dealkylation sites (N-methyl/N-ethyl adjacent to an activating group) is 1. The highest BCUT2D eigenvalue weighted by atomic mass is 32.2. The zero-order valence-electron chi connectivity index (χ0n) is 10.5. The molecule has 0 spiro atoms. The SMILES string of the molecule is CCNC(CSc1ccccc1F)C1=CCCO1. The van der Waals surface area contributed by atoms with E-state index in [4.69, 9.17) is 4.74 Å². The molecule has 1 aliphatic rings. The molecule has 0 saturated heterocycles. The second kappa shape index (κ2) is 6.81. The second-order valence-corrected chi connectivity index (χ2v) is 5.16. The van der Waals surface area contributed by atoms with E-state index in [9.17, 15) is 4.39 Å². The molecule has 2 rings (SSSR count). The molecule has 1 heterocycles. The van der Waals surface area contributed by atoms with E-state index in [1.807, 2.05) is 12.1 Å². The highest BCUT2D eigenvalue weighted by Crippen LogP contribution is 2.25. The zero-order valence-corrected chi connectivity index (χ0v) is 11.3. The Labute approximate surface area is 112 Å². The van der Waals surface area contributed by atoms with Gasteiger partial charge in [-0.15, -0.1) is 11.8 Å². The minimum atomic E-state index is -0.154. The molecule has 1 N–H and O–H groups in total. The van der Waals surface area contributed by atoms with Gasteiger partial charge in [-0.25, -0.2) is 4.39 Å². The van der Waals surface area contributed by atoms with Crippen molar-refractivity contribution in [1.29, 1.82) is 0 Å². The first kappa shape index (κ1) is 13.4. The Balaban J connectivity index is 1.95. The zero-order chi connectivity index (χ0) is 12.8. The van der Waals surface area contributed by atoms with Crippen molar-refractivity contribution in [3.05, 3.63) is 41.9 Å². The lowest BCUT2D eigenvalue weighted by atomic mass is 10.2. The van der Waals surface area contributed by atoms with Crippen LogP contribution in [-0.4, -0.2) is 24.9 Å². The third-order valence-electron chi connectivity index (χ3n) is 2.77. The summed E-state index contributed by atoms with van der Waals surface area (Å²) in [5.41, 5.74) is 0. The van der Waals surface area contributed by atoms with Crippen molar-refractivity contribution in [2.75, 3.05) is 18.9 Å². The van der Waals surface area contributed by atoms with Crippen LogP contribution in [0.25, 0.3) is 0 Å². The van der Waals surface area contributed by atoms with Crippen LogP contribution in [0.4, 0.5) is 4.39 Å². The molecule has 1 atom stereocenters.